The molecule has 1 unspecified atom stereocenters. The fourth-order valence-corrected chi connectivity index (χ4v) is 2.00. The van der Waals surface area contributed by atoms with Gasteiger partial charge in [-0.05, 0) is 31.4 Å². The van der Waals surface area contributed by atoms with Gasteiger partial charge in [-0.2, -0.15) is 0 Å². The summed E-state index contributed by atoms with van der Waals surface area (Å²) < 4.78 is 1.16. The van der Waals surface area contributed by atoms with Crippen LogP contribution in [0.1, 0.15) is 30.1 Å². The Morgan fingerprint density at radius 3 is 2.95 bits per heavy atom. The van der Waals surface area contributed by atoms with Crippen LogP contribution in [0.25, 0.3) is 0 Å². The van der Waals surface area contributed by atoms with Gasteiger partial charge in [0, 0.05) is 30.7 Å². The van der Waals surface area contributed by atoms with Gasteiger partial charge < -0.3 is 10.1 Å². The van der Waals surface area contributed by atoms with Crippen LogP contribution in [0.4, 0.5) is 0 Å². The van der Waals surface area contributed by atoms with E-state index in [1.165, 1.54) is 6.20 Å². The molecule has 20 heavy (non-hydrogen) atoms. The molecule has 0 saturated carbocycles. The predicted molar refractivity (Wildman–Crippen MR) is 74.5 cm³/mol. The lowest BCUT2D eigenvalue weighted by Crippen LogP contribution is -2.36. The van der Waals surface area contributed by atoms with E-state index >= 15 is 0 Å². The van der Waals surface area contributed by atoms with Gasteiger partial charge in [0.25, 0.3) is 5.56 Å². The number of pyridine rings is 1. The van der Waals surface area contributed by atoms with Crippen LogP contribution in [0.5, 0.6) is 0 Å². The van der Waals surface area contributed by atoms with Crippen molar-refractivity contribution in [2.45, 2.75) is 32.4 Å². The molecule has 0 amide bonds. The van der Waals surface area contributed by atoms with Crippen molar-refractivity contribution in [2.24, 2.45) is 0 Å². The largest absolute Gasteiger partial charge is 0.388 e. The molecule has 0 radical (unpaired) electrons. The summed E-state index contributed by atoms with van der Waals surface area (Å²) in [4.78, 5) is 29.8. The van der Waals surface area contributed by atoms with Crippen LogP contribution in [0.15, 0.2) is 40.3 Å². The highest BCUT2D eigenvalue weighted by atomic mass is 16.3. The topological polar surface area (TPSA) is 88.0 Å². The van der Waals surface area contributed by atoms with Gasteiger partial charge in [-0.15, -0.1) is 0 Å². The smallest absolute Gasteiger partial charge is 0.328 e. The molecule has 6 heteroatoms. The van der Waals surface area contributed by atoms with Crippen molar-refractivity contribution in [3.05, 3.63) is 62.7 Å². The van der Waals surface area contributed by atoms with Crippen molar-refractivity contribution in [2.75, 3.05) is 0 Å². The minimum Gasteiger partial charge on any atom is -0.388 e. The molecule has 106 valence electrons. The molecule has 2 heterocycles. The minimum absolute atomic E-state index is 0.285. The van der Waals surface area contributed by atoms with Crippen molar-refractivity contribution in [1.82, 2.24) is 14.5 Å². The molecule has 0 bridgehead atoms. The summed E-state index contributed by atoms with van der Waals surface area (Å²) in [7, 11) is 0. The molecule has 0 spiro atoms. The van der Waals surface area contributed by atoms with Crippen LogP contribution >= 0.6 is 0 Å². The number of aliphatic hydroxyl groups is 1. The van der Waals surface area contributed by atoms with Gasteiger partial charge >= 0.3 is 5.69 Å². The number of nitrogens with zero attached hydrogens (tertiary/aromatic N) is 2. The molecule has 2 rings (SSSR count). The number of aliphatic hydroxyl groups excluding tert-OH is 1. The van der Waals surface area contributed by atoms with Gasteiger partial charge in [-0.1, -0.05) is 6.07 Å². The first-order valence-corrected chi connectivity index (χ1v) is 6.46. The molecule has 2 N–H and O–H groups in total. The number of hydrogen-bond donors (Lipinski definition) is 2. The van der Waals surface area contributed by atoms with Crippen molar-refractivity contribution in [1.29, 1.82) is 0 Å². The van der Waals surface area contributed by atoms with Crippen LogP contribution < -0.4 is 11.2 Å². The number of aryl methyl sites for hydroxylation is 1. The number of hydrogen-bond acceptors (Lipinski definition) is 4. The maximum atomic E-state index is 11.8. The molecule has 0 fully saturated rings. The molecule has 0 aliphatic rings. The van der Waals surface area contributed by atoms with E-state index in [-0.39, 0.29) is 12.1 Å². The molecule has 0 aromatic carbocycles. The van der Waals surface area contributed by atoms with Crippen molar-refractivity contribution >= 4 is 0 Å². The summed E-state index contributed by atoms with van der Waals surface area (Å²) in [5.74, 6) is 0. The van der Waals surface area contributed by atoms with E-state index in [9.17, 15) is 14.7 Å². The zero-order valence-electron chi connectivity index (χ0n) is 11.2. The van der Waals surface area contributed by atoms with Crippen molar-refractivity contribution in [3.63, 3.8) is 0 Å². The lowest BCUT2D eigenvalue weighted by Gasteiger charge is -2.10. The Balaban J connectivity index is 1.99. The van der Waals surface area contributed by atoms with E-state index in [1.54, 1.807) is 31.5 Å². The normalized spacial score (nSPS) is 12.3. The van der Waals surface area contributed by atoms with Crippen LogP contribution in [-0.4, -0.2) is 19.6 Å². The molecule has 6 nitrogen and oxygen atoms in total. The van der Waals surface area contributed by atoms with Crippen LogP contribution in [0.2, 0.25) is 0 Å². The first-order chi connectivity index (χ1) is 9.59. The van der Waals surface area contributed by atoms with E-state index in [0.29, 0.717) is 18.4 Å². The average molecular weight is 275 g/mol. The monoisotopic (exact) mass is 275 g/mol. The summed E-state index contributed by atoms with van der Waals surface area (Å²) in [5, 5.41) is 9.98. The van der Waals surface area contributed by atoms with Crippen LogP contribution in [0.3, 0.4) is 0 Å². The average Bonchev–Trinajstić information content (AvgIpc) is 2.47. The second-order valence-electron chi connectivity index (χ2n) is 4.68. The van der Waals surface area contributed by atoms with Gasteiger partial charge in [0.1, 0.15) is 0 Å². The van der Waals surface area contributed by atoms with Crippen LogP contribution in [0, 0.1) is 6.92 Å². The van der Waals surface area contributed by atoms with E-state index in [0.717, 1.165) is 10.1 Å². The fourth-order valence-electron chi connectivity index (χ4n) is 2.00. The molecular formula is C14H17N3O3. The summed E-state index contributed by atoms with van der Waals surface area (Å²) in [5.41, 5.74) is 0.525. The Labute approximate surface area is 115 Å². The number of nitrogens with one attached hydrogen (secondary N) is 1. The van der Waals surface area contributed by atoms with Gasteiger partial charge in [0.05, 0.1) is 6.10 Å². The van der Waals surface area contributed by atoms with Gasteiger partial charge in [-0.3, -0.25) is 14.3 Å². The SMILES string of the molecule is Cc1c[nH]c(=O)n(CCCC(O)c2cccnc2)c1=O. The Morgan fingerprint density at radius 2 is 2.25 bits per heavy atom. The zero-order chi connectivity index (χ0) is 14.5. The quantitative estimate of drug-likeness (QED) is 0.843. The van der Waals surface area contributed by atoms with E-state index in [1.807, 2.05) is 0 Å². The van der Waals surface area contributed by atoms with Crippen LogP contribution in [-0.2, 0) is 6.54 Å². The highest BCUT2D eigenvalue weighted by Gasteiger charge is 2.09. The van der Waals surface area contributed by atoms with Gasteiger partial charge in [0.15, 0.2) is 0 Å². The highest BCUT2D eigenvalue weighted by molar-refractivity contribution is 5.11. The fraction of sp³-hybridized carbons (Fsp3) is 0.357. The molecule has 2 aromatic heterocycles. The minimum atomic E-state index is -0.636. The molecule has 0 aliphatic carbocycles. The number of aromatic amines is 1. The Bertz CT molecular complexity index is 676. The van der Waals surface area contributed by atoms with Crippen molar-refractivity contribution < 1.29 is 5.11 Å². The molecule has 1 atom stereocenters. The highest BCUT2D eigenvalue weighted by Crippen LogP contribution is 2.16. The molecule has 0 saturated heterocycles. The first kappa shape index (κ1) is 14.2. The molecule has 0 aliphatic heterocycles. The third-order valence-corrected chi connectivity index (χ3v) is 3.17. The number of aromatic nitrogens is 3. The summed E-state index contributed by atoms with van der Waals surface area (Å²) in [6, 6.07) is 3.55. The maximum Gasteiger partial charge on any atom is 0.328 e. The standard InChI is InChI=1S/C14H17N3O3/c1-10-8-16-14(20)17(13(10)19)7-3-5-12(18)11-4-2-6-15-9-11/h2,4,6,8-9,12,18H,3,5,7H2,1H3,(H,16,20). The lowest BCUT2D eigenvalue weighted by atomic mass is 10.1. The Kier molecular flexibility index (Phi) is 4.47. The number of rotatable bonds is 5. The Hall–Kier alpha value is -2.21. The molecule has 2 aromatic rings. The van der Waals surface area contributed by atoms with Gasteiger partial charge in [-0.25, -0.2) is 4.79 Å². The van der Waals surface area contributed by atoms with E-state index in [4.69, 9.17) is 0 Å². The summed E-state index contributed by atoms with van der Waals surface area (Å²) >= 11 is 0. The van der Waals surface area contributed by atoms with Gasteiger partial charge in [0.2, 0.25) is 0 Å². The second-order valence-corrected chi connectivity index (χ2v) is 4.68. The third kappa shape index (κ3) is 3.21. The third-order valence-electron chi connectivity index (χ3n) is 3.17. The predicted octanol–water partition coefficient (Wildman–Crippen LogP) is 0.754. The Morgan fingerprint density at radius 1 is 1.45 bits per heavy atom. The zero-order valence-corrected chi connectivity index (χ0v) is 11.2. The molecular weight excluding hydrogens is 258 g/mol. The van der Waals surface area contributed by atoms with Crippen molar-refractivity contribution in [3.8, 4) is 0 Å². The maximum absolute atomic E-state index is 11.8. The van der Waals surface area contributed by atoms with E-state index < -0.39 is 11.8 Å². The summed E-state index contributed by atoms with van der Waals surface area (Å²) in [6.45, 7) is 1.94. The summed E-state index contributed by atoms with van der Waals surface area (Å²) in [6.07, 6.45) is 5.01. The second kappa shape index (κ2) is 6.29. The van der Waals surface area contributed by atoms with E-state index in [2.05, 4.69) is 9.97 Å². The lowest BCUT2D eigenvalue weighted by molar-refractivity contribution is 0.162. The number of H-pyrrole nitrogens is 1. The first-order valence-electron chi connectivity index (χ1n) is 6.46.